The SMILES string of the molecule is OCc1cnnn1-c1ccccc1Br. The van der Waals surface area contributed by atoms with Gasteiger partial charge in [-0.15, -0.1) is 5.10 Å². The summed E-state index contributed by atoms with van der Waals surface area (Å²) in [6.07, 6.45) is 1.54. The van der Waals surface area contributed by atoms with Gasteiger partial charge in [0.2, 0.25) is 0 Å². The Morgan fingerprint density at radius 2 is 2.14 bits per heavy atom. The van der Waals surface area contributed by atoms with Gasteiger partial charge in [0.05, 0.1) is 24.2 Å². The number of nitrogens with zero attached hydrogens (tertiary/aromatic N) is 3. The molecule has 0 spiro atoms. The van der Waals surface area contributed by atoms with E-state index in [0.717, 1.165) is 10.2 Å². The Kier molecular flexibility index (Phi) is 2.60. The first-order chi connectivity index (χ1) is 6.83. The summed E-state index contributed by atoms with van der Waals surface area (Å²) in [5.41, 5.74) is 1.53. The maximum atomic E-state index is 9.04. The Morgan fingerprint density at radius 3 is 2.86 bits per heavy atom. The number of hydrogen-bond acceptors (Lipinski definition) is 3. The van der Waals surface area contributed by atoms with Crippen molar-refractivity contribution >= 4 is 15.9 Å². The lowest BCUT2D eigenvalue weighted by atomic mass is 10.3. The summed E-state index contributed by atoms with van der Waals surface area (Å²) in [5, 5.41) is 16.7. The monoisotopic (exact) mass is 253 g/mol. The van der Waals surface area contributed by atoms with E-state index in [0.29, 0.717) is 5.69 Å². The highest BCUT2D eigenvalue weighted by Crippen LogP contribution is 2.20. The van der Waals surface area contributed by atoms with Crippen LogP contribution >= 0.6 is 15.9 Å². The minimum atomic E-state index is -0.0751. The molecule has 0 saturated heterocycles. The molecular formula is C9H8BrN3O. The quantitative estimate of drug-likeness (QED) is 0.883. The maximum absolute atomic E-state index is 9.04. The number of aromatic nitrogens is 3. The summed E-state index contributed by atoms with van der Waals surface area (Å²) < 4.78 is 2.52. The highest BCUT2D eigenvalue weighted by atomic mass is 79.9. The molecule has 0 aliphatic carbocycles. The Balaban J connectivity index is 2.54. The van der Waals surface area contributed by atoms with Crippen molar-refractivity contribution in [1.29, 1.82) is 0 Å². The van der Waals surface area contributed by atoms with Crippen LogP contribution in [0, 0.1) is 0 Å². The molecule has 0 atom stereocenters. The van der Waals surface area contributed by atoms with Crippen molar-refractivity contribution in [2.45, 2.75) is 6.61 Å². The van der Waals surface area contributed by atoms with E-state index in [1.807, 2.05) is 24.3 Å². The molecule has 1 N–H and O–H groups in total. The molecular weight excluding hydrogens is 246 g/mol. The Bertz CT molecular complexity index is 441. The van der Waals surface area contributed by atoms with Crippen LogP contribution in [-0.4, -0.2) is 20.1 Å². The molecule has 5 heteroatoms. The van der Waals surface area contributed by atoms with E-state index in [2.05, 4.69) is 26.2 Å². The first-order valence-corrected chi connectivity index (χ1v) is 4.87. The van der Waals surface area contributed by atoms with Crippen molar-refractivity contribution in [2.24, 2.45) is 0 Å². The van der Waals surface area contributed by atoms with Gasteiger partial charge < -0.3 is 5.11 Å². The van der Waals surface area contributed by atoms with E-state index in [1.54, 1.807) is 10.9 Å². The van der Waals surface area contributed by atoms with E-state index in [1.165, 1.54) is 0 Å². The number of hydrogen-bond donors (Lipinski definition) is 1. The zero-order chi connectivity index (χ0) is 9.97. The van der Waals surface area contributed by atoms with Gasteiger partial charge in [0.1, 0.15) is 0 Å². The van der Waals surface area contributed by atoms with Crippen molar-refractivity contribution in [3.63, 3.8) is 0 Å². The first-order valence-electron chi connectivity index (χ1n) is 4.08. The highest BCUT2D eigenvalue weighted by molar-refractivity contribution is 9.10. The van der Waals surface area contributed by atoms with Crippen LogP contribution in [0.5, 0.6) is 0 Å². The normalized spacial score (nSPS) is 10.4. The molecule has 4 nitrogen and oxygen atoms in total. The van der Waals surface area contributed by atoms with Crippen molar-refractivity contribution in [2.75, 3.05) is 0 Å². The van der Waals surface area contributed by atoms with Crippen molar-refractivity contribution < 1.29 is 5.11 Å². The topological polar surface area (TPSA) is 50.9 Å². The van der Waals surface area contributed by atoms with Crippen LogP contribution in [-0.2, 0) is 6.61 Å². The third-order valence-corrected chi connectivity index (χ3v) is 2.53. The summed E-state index contributed by atoms with van der Waals surface area (Å²) in [6, 6.07) is 7.64. The Labute approximate surface area is 89.3 Å². The average Bonchev–Trinajstić information content (AvgIpc) is 2.66. The van der Waals surface area contributed by atoms with E-state index in [4.69, 9.17) is 5.11 Å². The highest BCUT2D eigenvalue weighted by Gasteiger charge is 2.07. The van der Waals surface area contributed by atoms with E-state index in [-0.39, 0.29) is 6.61 Å². The van der Waals surface area contributed by atoms with Gasteiger partial charge in [-0.25, -0.2) is 4.68 Å². The predicted molar refractivity (Wildman–Crippen MR) is 55.0 cm³/mol. The minimum Gasteiger partial charge on any atom is -0.390 e. The molecule has 2 rings (SSSR count). The maximum Gasteiger partial charge on any atom is 0.0900 e. The smallest absolute Gasteiger partial charge is 0.0900 e. The van der Waals surface area contributed by atoms with Crippen LogP contribution < -0.4 is 0 Å². The van der Waals surface area contributed by atoms with E-state index < -0.39 is 0 Å². The lowest BCUT2D eigenvalue weighted by Crippen LogP contribution is -2.02. The van der Waals surface area contributed by atoms with Crippen LogP contribution in [0.2, 0.25) is 0 Å². The first kappa shape index (κ1) is 9.36. The number of para-hydroxylation sites is 1. The zero-order valence-corrected chi connectivity index (χ0v) is 8.85. The number of aliphatic hydroxyl groups is 1. The number of rotatable bonds is 2. The Hall–Kier alpha value is -1.20. The van der Waals surface area contributed by atoms with Gasteiger partial charge >= 0.3 is 0 Å². The van der Waals surface area contributed by atoms with Gasteiger partial charge in [-0.3, -0.25) is 0 Å². The molecule has 0 amide bonds. The van der Waals surface area contributed by atoms with Gasteiger partial charge in [-0.05, 0) is 28.1 Å². The van der Waals surface area contributed by atoms with Crippen LogP contribution in [0.4, 0.5) is 0 Å². The fraction of sp³-hybridized carbons (Fsp3) is 0.111. The predicted octanol–water partition coefficient (Wildman–Crippen LogP) is 1.52. The van der Waals surface area contributed by atoms with Crippen LogP contribution in [0.15, 0.2) is 34.9 Å². The van der Waals surface area contributed by atoms with Crippen molar-refractivity contribution in [3.05, 3.63) is 40.6 Å². The van der Waals surface area contributed by atoms with E-state index >= 15 is 0 Å². The average molecular weight is 254 g/mol. The van der Waals surface area contributed by atoms with Crippen molar-refractivity contribution in [1.82, 2.24) is 15.0 Å². The second-order valence-electron chi connectivity index (χ2n) is 2.75. The zero-order valence-electron chi connectivity index (χ0n) is 7.26. The molecule has 0 aliphatic heterocycles. The summed E-state index contributed by atoms with van der Waals surface area (Å²) in [5.74, 6) is 0. The second-order valence-corrected chi connectivity index (χ2v) is 3.60. The van der Waals surface area contributed by atoms with Gasteiger partial charge in [0.25, 0.3) is 0 Å². The molecule has 2 aromatic rings. The van der Waals surface area contributed by atoms with Crippen LogP contribution in [0.3, 0.4) is 0 Å². The molecule has 0 saturated carbocycles. The minimum absolute atomic E-state index is 0.0751. The standard InChI is InChI=1S/C9H8BrN3O/c10-8-3-1-2-4-9(8)13-7(6-14)5-11-12-13/h1-5,14H,6H2. The molecule has 1 aromatic carbocycles. The summed E-state index contributed by atoms with van der Waals surface area (Å²) in [6.45, 7) is -0.0751. The molecule has 0 fully saturated rings. The molecule has 1 heterocycles. The van der Waals surface area contributed by atoms with Gasteiger partial charge in [-0.1, -0.05) is 17.3 Å². The van der Waals surface area contributed by atoms with Crippen LogP contribution in [0.25, 0.3) is 5.69 Å². The lowest BCUT2D eigenvalue weighted by Gasteiger charge is -2.05. The van der Waals surface area contributed by atoms with Crippen LogP contribution in [0.1, 0.15) is 5.69 Å². The van der Waals surface area contributed by atoms with Gasteiger partial charge in [-0.2, -0.15) is 0 Å². The number of aliphatic hydroxyl groups excluding tert-OH is 1. The third-order valence-electron chi connectivity index (χ3n) is 1.86. The molecule has 0 radical (unpaired) electrons. The number of benzene rings is 1. The van der Waals surface area contributed by atoms with Gasteiger partial charge in [0, 0.05) is 4.47 Å². The Morgan fingerprint density at radius 1 is 1.36 bits per heavy atom. The fourth-order valence-electron chi connectivity index (χ4n) is 1.19. The largest absolute Gasteiger partial charge is 0.390 e. The third kappa shape index (κ3) is 1.56. The second kappa shape index (κ2) is 3.89. The van der Waals surface area contributed by atoms with Crippen molar-refractivity contribution in [3.8, 4) is 5.69 Å². The molecule has 14 heavy (non-hydrogen) atoms. The summed E-state index contributed by atoms with van der Waals surface area (Å²) in [7, 11) is 0. The fourth-order valence-corrected chi connectivity index (χ4v) is 1.64. The lowest BCUT2D eigenvalue weighted by molar-refractivity contribution is 0.273. The van der Waals surface area contributed by atoms with E-state index in [9.17, 15) is 0 Å². The molecule has 0 aliphatic rings. The molecule has 72 valence electrons. The summed E-state index contributed by atoms with van der Waals surface area (Å²) in [4.78, 5) is 0. The molecule has 0 unspecified atom stereocenters. The number of halogens is 1. The summed E-state index contributed by atoms with van der Waals surface area (Å²) >= 11 is 3.41. The molecule has 1 aromatic heterocycles. The molecule has 0 bridgehead atoms. The van der Waals surface area contributed by atoms with Gasteiger partial charge in [0.15, 0.2) is 0 Å².